The second-order valence-corrected chi connectivity index (χ2v) is 11.8. The van der Waals surface area contributed by atoms with Gasteiger partial charge in [0.1, 0.15) is 18.3 Å². The first-order chi connectivity index (χ1) is 19.1. The Bertz CT molecular complexity index is 1370. The zero-order valence-electron chi connectivity index (χ0n) is 23.0. The third kappa shape index (κ3) is 8.99. The second kappa shape index (κ2) is 14.7. The largest absolute Gasteiger partial charge is 0.497 e. The van der Waals surface area contributed by atoms with E-state index < -0.39 is 28.5 Å². The number of hydrogen-bond donors (Lipinski definition) is 1. The summed E-state index contributed by atoms with van der Waals surface area (Å²) in [6.45, 7) is 2.10. The average molecular weight is 586 g/mol. The van der Waals surface area contributed by atoms with Gasteiger partial charge in [0.2, 0.25) is 21.8 Å². The van der Waals surface area contributed by atoms with E-state index in [-0.39, 0.29) is 24.6 Å². The summed E-state index contributed by atoms with van der Waals surface area (Å²) in [5.74, 6) is -0.365. The molecule has 0 aliphatic rings. The van der Waals surface area contributed by atoms with E-state index in [1.807, 2.05) is 37.3 Å². The smallest absolute Gasteiger partial charge is 0.244 e. The molecule has 3 aromatic rings. The van der Waals surface area contributed by atoms with Gasteiger partial charge in [-0.25, -0.2) is 8.42 Å². The average Bonchev–Trinajstić information content (AvgIpc) is 2.94. The zero-order valence-corrected chi connectivity index (χ0v) is 24.6. The number of nitrogens with zero attached hydrogens (tertiary/aromatic N) is 2. The lowest BCUT2D eigenvalue weighted by atomic mass is 10.0. The number of unbranched alkanes of at least 4 members (excludes halogenated alkanes) is 1. The van der Waals surface area contributed by atoms with Crippen molar-refractivity contribution in [1.29, 1.82) is 0 Å². The Morgan fingerprint density at radius 2 is 1.68 bits per heavy atom. The first-order valence-corrected chi connectivity index (χ1v) is 15.3. The molecule has 0 spiro atoms. The van der Waals surface area contributed by atoms with Crippen LogP contribution in [-0.2, 0) is 32.6 Å². The lowest BCUT2D eigenvalue weighted by Crippen LogP contribution is -2.53. The molecule has 0 aliphatic carbocycles. The van der Waals surface area contributed by atoms with Crippen LogP contribution in [0, 0.1) is 0 Å². The number of ether oxygens (including phenoxy) is 1. The molecule has 214 valence electrons. The highest BCUT2D eigenvalue weighted by Crippen LogP contribution is 2.24. The Morgan fingerprint density at radius 1 is 0.975 bits per heavy atom. The van der Waals surface area contributed by atoms with Crippen LogP contribution < -0.4 is 14.4 Å². The maximum Gasteiger partial charge on any atom is 0.244 e. The van der Waals surface area contributed by atoms with Gasteiger partial charge in [-0.05, 0) is 41.8 Å². The zero-order chi connectivity index (χ0) is 29.1. The normalized spacial score (nSPS) is 11.9. The Labute approximate surface area is 241 Å². The quantitative estimate of drug-likeness (QED) is 0.277. The van der Waals surface area contributed by atoms with Crippen LogP contribution in [0.5, 0.6) is 5.75 Å². The summed E-state index contributed by atoms with van der Waals surface area (Å²) in [6, 6.07) is 22.0. The molecule has 1 N–H and O–H groups in total. The van der Waals surface area contributed by atoms with Crippen LogP contribution in [0.25, 0.3) is 0 Å². The van der Waals surface area contributed by atoms with Crippen LogP contribution in [0.1, 0.15) is 30.9 Å². The van der Waals surface area contributed by atoms with Crippen LogP contribution in [0.3, 0.4) is 0 Å². The van der Waals surface area contributed by atoms with Gasteiger partial charge in [-0.2, -0.15) is 0 Å². The van der Waals surface area contributed by atoms with Crippen LogP contribution in [-0.4, -0.2) is 57.6 Å². The number of methoxy groups -OCH3 is 1. The number of rotatable bonds is 14. The maximum absolute atomic E-state index is 14.0. The molecule has 8 nitrogen and oxygen atoms in total. The number of sulfonamides is 1. The number of carbonyl (C=O) groups excluding carboxylic acids is 2. The first kappa shape index (κ1) is 31.0. The number of halogens is 1. The number of anilines is 1. The van der Waals surface area contributed by atoms with Crippen molar-refractivity contribution in [3.63, 3.8) is 0 Å². The van der Waals surface area contributed by atoms with E-state index in [1.54, 1.807) is 48.5 Å². The molecule has 0 aromatic heterocycles. The fourth-order valence-corrected chi connectivity index (χ4v) is 5.19. The number of carbonyl (C=O) groups is 2. The van der Waals surface area contributed by atoms with E-state index >= 15 is 0 Å². The molecule has 1 atom stereocenters. The Hall–Kier alpha value is -3.56. The lowest BCUT2D eigenvalue weighted by molar-refractivity contribution is -0.140. The molecule has 0 fully saturated rings. The van der Waals surface area contributed by atoms with Gasteiger partial charge in [-0.3, -0.25) is 13.9 Å². The summed E-state index contributed by atoms with van der Waals surface area (Å²) in [7, 11) is -2.38. The molecule has 0 unspecified atom stereocenters. The molecular formula is C30H36ClN3O5S. The third-order valence-electron chi connectivity index (χ3n) is 6.39. The van der Waals surface area contributed by atoms with Gasteiger partial charge in [-0.15, -0.1) is 0 Å². The van der Waals surface area contributed by atoms with Crippen LogP contribution in [0.15, 0.2) is 78.9 Å². The molecular weight excluding hydrogens is 550 g/mol. The van der Waals surface area contributed by atoms with Crippen molar-refractivity contribution in [3.05, 3.63) is 95.0 Å². The van der Waals surface area contributed by atoms with Crippen LogP contribution in [0.2, 0.25) is 5.02 Å². The van der Waals surface area contributed by atoms with E-state index in [9.17, 15) is 18.0 Å². The highest BCUT2D eigenvalue weighted by atomic mass is 35.5. The monoisotopic (exact) mass is 585 g/mol. The molecule has 3 rings (SSSR count). The Kier molecular flexibility index (Phi) is 11.4. The fraction of sp³-hybridized carbons (Fsp3) is 0.333. The molecule has 40 heavy (non-hydrogen) atoms. The highest BCUT2D eigenvalue weighted by Gasteiger charge is 2.33. The van der Waals surface area contributed by atoms with Crippen LogP contribution in [0.4, 0.5) is 5.69 Å². The summed E-state index contributed by atoms with van der Waals surface area (Å²) in [5, 5.41) is 3.50. The minimum Gasteiger partial charge on any atom is -0.497 e. The maximum atomic E-state index is 14.0. The number of benzene rings is 3. The third-order valence-corrected chi connectivity index (χ3v) is 7.78. The second-order valence-electron chi connectivity index (χ2n) is 9.47. The number of hydrogen-bond acceptors (Lipinski definition) is 5. The van der Waals surface area contributed by atoms with Crippen molar-refractivity contribution in [2.45, 2.75) is 38.8 Å². The molecule has 3 aromatic carbocycles. The molecule has 0 radical (unpaired) electrons. The predicted molar refractivity (Wildman–Crippen MR) is 159 cm³/mol. The van der Waals surface area contributed by atoms with Gasteiger partial charge >= 0.3 is 0 Å². The van der Waals surface area contributed by atoms with Crippen molar-refractivity contribution >= 4 is 39.1 Å². The summed E-state index contributed by atoms with van der Waals surface area (Å²) in [6.07, 6.45) is 3.01. The van der Waals surface area contributed by atoms with Gasteiger partial charge in [0.15, 0.2) is 0 Å². The Morgan fingerprint density at radius 3 is 2.30 bits per heavy atom. The predicted octanol–water partition coefficient (Wildman–Crippen LogP) is 4.67. The van der Waals surface area contributed by atoms with Crippen molar-refractivity contribution in [2.24, 2.45) is 0 Å². The fourth-order valence-electron chi connectivity index (χ4n) is 4.23. The summed E-state index contributed by atoms with van der Waals surface area (Å²) < 4.78 is 32.0. The first-order valence-electron chi connectivity index (χ1n) is 13.1. The molecule has 0 heterocycles. The van der Waals surface area contributed by atoms with Crippen LogP contribution >= 0.6 is 11.6 Å². The van der Waals surface area contributed by atoms with E-state index in [1.165, 1.54) is 12.0 Å². The number of nitrogens with one attached hydrogen (secondary N) is 1. The standard InChI is InChI=1S/C30H36ClN3O5S/c1-4-5-18-32-30(36)28(19-23-10-7-6-8-11-23)33(21-24-14-16-25(31)17-15-24)29(35)22-34(40(3,37)38)26-12-9-13-27(20-26)39-2/h6-17,20,28H,4-5,18-19,21-22H2,1-3H3,(H,32,36)/t28-/m1/s1. The van der Waals surface area contributed by atoms with Gasteiger partial charge < -0.3 is 15.0 Å². The topological polar surface area (TPSA) is 96.0 Å². The highest BCUT2D eigenvalue weighted by molar-refractivity contribution is 7.92. The van der Waals surface area contributed by atoms with Crippen molar-refractivity contribution in [1.82, 2.24) is 10.2 Å². The van der Waals surface area contributed by atoms with E-state index in [0.717, 1.165) is 34.5 Å². The summed E-state index contributed by atoms with van der Waals surface area (Å²) in [5.41, 5.74) is 1.91. The molecule has 10 heteroatoms. The summed E-state index contributed by atoms with van der Waals surface area (Å²) in [4.78, 5) is 29.1. The SMILES string of the molecule is CCCCNC(=O)[C@@H](Cc1ccccc1)N(Cc1ccc(Cl)cc1)C(=O)CN(c1cccc(OC)c1)S(C)(=O)=O. The number of amides is 2. The lowest BCUT2D eigenvalue weighted by Gasteiger charge is -2.33. The Balaban J connectivity index is 2.03. The van der Waals surface area contributed by atoms with Gasteiger partial charge in [-0.1, -0.05) is 73.5 Å². The van der Waals surface area contributed by atoms with Gasteiger partial charge in [0.05, 0.1) is 19.1 Å². The van der Waals surface area contributed by atoms with Crippen molar-refractivity contribution in [3.8, 4) is 5.75 Å². The van der Waals surface area contributed by atoms with Gasteiger partial charge in [0.25, 0.3) is 0 Å². The molecule has 0 aliphatic heterocycles. The molecule has 0 saturated carbocycles. The van der Waals surface area contributed by atoms with E-state index in [4.69, 9.17) is 16.3 Å². The van der Waals surface area contributed by atoms with E-state index in [0.29, 0.717) is 17.3 Å². The molecule has 0 bridgehead atoms. The molecule has 2 amide bonds. The van der Waals surface area contributed by atoms with E-state index in [2.05, 4.69) is 5.32 Å². The minimum atomic E-state index is -3.86. The summed E-state index contributed by atoms with van der Waals surface area (Å²) >= 11 is 6.09. The molecule has 0 saturated heterocycles. The van der Waals surface area contributed by atoms with Gasteiger partial charge in [0, 0.05) is 30.6 Å². The van der Waals surface area contributed by atoms with Crippen molar-refractivity contribution in [2.75, 3.05) is 30.8 Å². The minimum absolute atomic E-state index is 0.0877. The van der Waals surface area contributed by atoms with Crippen molar-refractivity contribution < 1.29 is 22.7 Å².